The molecule has 3 heterocycles. The van der Waals surface area contributed by atoms with Crippen LogP contribution in [-0.4, -0.2) is 54.0 Å². The van der Waals surface area contributed by atoms with Crippen LogP contribution in [0.15, 0.2) is 0 Å². The number of carbonyl (C=O) groups excluding carboxylic acids is 3. The van der Waals surface area contributed by atoms with Gasteiger partial charge in [-0.3, -0.25) is 19.3 Å². The zero-order chi connectivity index (χ0) is 16.1. The number of nitrogens with one attached hydrogen (secondary N) is 1. The second-order valence-corrected chi connectivity index (χ2v) is 7.21. The van der Waals surface area contributed by atoms with Crippen LogP contribution >= 0.6 is 0 Å². The summed E-state index contributed by atoms with van der Waals surface area (Å²) in [6, 6.07) is 0.0688. The molecule has 2 bridgehead atoms. The van der Waals surface area contributed by atoms with E-state index in [9.17, 15) is 14.4 Å². The van der Waals surface area contributed by atoms with Gasteiger partial charge in [-0.2, -0.15) is 0 Å². The van der Waals surface area contributed by atoms with Gasteiger partial charge in [-0.25, -0.2) is 0 Å². The number of amides is 3. The monoisotopic (exact) mass is 321 g/mol. The molecule has 6 unspecified atom stereocenters. The highest BCUT2D eigenvalue weighted by Gasteiger charge is 2.62. The number of likely N-dealkylation sites (tertiary alicyclic amines) is 1. The first-order chi connectivity index (χ1) is 11.1. The highest BCUT2D eigenvalue weighted by molar-refractivity contribution is 6.08. The molecule has 0 spiro atoms. The smallest absolute Gasteiger partial charge is 0.240 e. The Morgan fingerprint density at radius 3 is 2.39 bits per heavy atom. The molecule has 3 amide bonds. The van der Waals surface area contributed by atoms with E-state index in [0.717, 1.165) is 37.0 Å². The Hall–Kier alpha value is -1.47. The van der Waals surface area contributed by atoms with Gasteiger partial charge in [0.15, 0.2) is 0 Å². The maximum absolute atomic E-state index is 12.5. The van der Waals surface area contributed by atoms with Gasteiger partial charge in [-0.05, 0) is 38.1 Å². The second-order valence-electron chi connectivity index (χ2n) is 7.21. The molecule has 0 aromatic rings. The lowest BCUT2D eigenvalue weighted by Gasteiger charge is -2.22. The van der Waals surface area contributed by atoms with E-state index >= 15 is 0 Å². The molecule has 6 atom stereocenters. The van der Waals surface area contributed by atoms with Gasteiger partial charge in [0.05, 0.1) is 24.0 Å². The second kappa shape index (κ2) is 5.56. The highest BCUT2D eigenvalue weighted by atomic mass is 16.5. The van der Waals surface area contributed by atoms with Crippen LogP contribution in [0.1, 0.15) is 32.1 Å². The van der Waals surface area contributed by atoms with Crippen LogP contribution in [0, 0.1) is 17.8 Å². The molecular formula is C16H23N3O4. The number of hydrogen-bond acceptors (Lipinski definition) is 5. The molecule has 3 saturated heterocycles. The summed E-state index contributed by atoms with van der Waals surface area (Å²) in [6.45, 7) is 0.384. The zero-order valence-corrected chi connectivity index (χ0v) is 13.1. The Labute approximate surface area is 134 Å². The van der Waals surface area contributed by atoms with Crippen molar-refractivity contribution in [1.82, 2.24) is 10.2 Å². The zero-order valence-electron chi connectivity index (χ0n) is 13.1. The van der Waals surface area contributed by atoms with Crippen molar-refractivity contribution < 1.29 is 19.1 Å². The summed E-state index contributed by atoms with van der Waals surface area (Å²) in [4.78, 5) is 38.4. The molecular weight excluding hydrogens is 298 g/mol. The Bertz CT molecular complexity index is 523. The van der Waals surface area contributed by atoms with E-state index in [1.165, 1.54) is 0 Å². The van der Waals surface area contributed by atoms with Crippen molar-refractivity contribution in [3.8, 4) is 0 Å². The van der Waals surface area contributed by atoms with Crippen LogP contribution in [-0.2, 0) is 19.1 Å². The van der Waals surface area contributed by atoms with Gasteiger partial charge in [0.25, 0.3) is 0 Å². The van der Waals surface area contributed by atoms with Gasteiger partial charge in [-0.1, -0.05) is 6.42 Å². The van der Waals surface area contributed by atoms with Gasteiger partial charge >= 0.3 is 0 Å². The summed E-state index contributed by atoms with van der Waals surface area (Å²) in [5, 5.41) is 2.96. The molecule has 7 heteroatoms. The average Bonchev–Trinajstić information content (AvgIpc) is 3.28. The summed E-state index contributed by atoms with van der Waals surface area (Å²) < 4.78 is 5.69. The van der Waals surface area contributed by atoms with Gasteiger partial charge in [-0.15, -0.1) is 0 Å². The van der Waals surface area contributed by atoms with Crippen LogP contribution in [0.2, 0.25) is 0 Å². The normalized spacial score (nSPS) is 41.7. The Balaban J connectivity index is 1.40. The molecule has 1 saturated carbocycles. The molecule has 0 aromatic carbocycles. The molecule has 1 aliphatic carbocycles. The van der Waals surface area contributed by atoms with Crippen molar-refractivity contribution in [3.63, 3.8) is 0 Å². The lowest BCUT2D eigenvalue weighted by Crippen LogP contribution is -2.47. The van der Waals surface area contributed by atoms with Gasteiger partial charge in [0, 0.05) is 6.04 Å². The van der Waals surface area contributed by atoms with Crippen molar-refractivity contribution in [3.05, 3.63) is 0 Å². The Kier molecular flexibility index (Phi) is 3.65. The predicted molar refractivity (Wildman–Crippen MR) is 79.9 cm³/mol. The lowest BCUT2D eigenvalue weighted by molar-refractivity contribution is -0.146. The van der Waals surface area contributed by atoms with Gasteiger partial charge in [0.2, 0.25) is 17.7 Å². The minimum atomic E-state index is -0.364. The number of ether oxygens (including phenoxy) is 1. The first-order valence-corrected chi connectivity index (χ1v) is 8.60. The van der Waals surface area contributed by atoms with Gasteiger partial charge in [0.1, 0.15) is 6.54 Å². The van der Waals surface area contributed by atoms with E-state index in [1.807, 2.05) is 0 Å². The standard InChI is InChI=1S/C16H23N3O4/c17-6-8-2-1-3-9(8)18-12(20)7-19-15(21)13-10-4-5-11(23-10)14(13)16(19)22/h8-11,13-14H,1-7,17H2,(H,18,20). The van der Waals surface area contributed by atoms with Gasteiger partial charge < -0.3 is 15.8 Å². The molecule has 7 nitrogen and oxygen atoms in total. The summed E-state index contributed by atoms with van der Waals surface area (Å²) in [5.74, 6) is -1.15. The lowest BCUT2D eigenvalue weighted by atomic mass is 9.81. The topological polar surface area (TPSA) is 102 Å². The van der Waals surface area contributed by atoms with E-state index in [4.69, 9.17) is 10.5 Å². The number of hydrogen-bond donors (Lipinski definition) is 2. The van der Waals surface area contributed by atoms with Crippen molar-refractivity contribution in [1.29, 1.82) is 0 Å². The van der Waals surface area contributed by atoms with E-state index in [-0.39, 0.29) is 54.4 Å². The number of imide groups is 1. The Morgan fingerprint density at radius 1 is 1.13 bits per heavy atom. The van der Waals surface area contributed by atoms with Crippen LogP contribution in [0.25, 0.3) is 0 Å². The van der Waals surface area contributed by atoms with Crippen molar-refractivity contribution in [2.75, 3.05) is 13.1 Å². The molecule has 23 heavy (non-hydrogen) atoms. The molecule has 0 aromatic heterocycles. The third-order valence-corrected chi connectivity index (χ3v) is 5.99. The maximum atomic E-state index is 12.5. The first-order valence-electron chi connectivity index (χ1n) is 8.60. The fraction of sp³-hybridized carbons (Fsp3) is 0.812. The summed E-state index contributed by atoms with van der Waals surface area (Å²) in [5.41, 5.74) is 5.72. The summed E-state index contributed by atoms with van der Waals surface area (Å²) >= 11 is 0. The number of fused-ring (bicyclic) bond motifs is 5. The van der Waals surface area contributed by atoms with Crippen molar-refractivity contribution in [2.45, 2.75) is 50.4 Å². The van der Waals surface area contributed by atoms with Crippen LogP contribution in [0.4, 0.5) is 0 Å². The SMILES string of the molecule is NCC1CCCC1NC(=O)CN1C(=O)C2C3CCC(O3)C2C1=O. The largest absolute Gasteiger partial charge is 0.373 e. The van der Waals surface area contributed by atoms with Crippen LogP contribution < -0.4 is 11.1 Å². The minimum Gasteiger partial charge on any atom is -0.373 e. The van der Waals surface area contributed by atoms with Crippen LogP contribution in [0.3, 0.4) is 0 Å². The first kappa shape index (κ1) is 15.1. The number of carbonyl (C=O) groups is 3. The third kappa shape index (κ3) is 2.29. The molecule has 3 aliphatic heterocycles. The van der Waals surface area contributed by atoms with E-state index in [1.54, 1.807) is 0 Å². The van der Waals surface area contributed by atoms with Crippen LogP contribution in [0.5, 0.6) is 0 Å². The minimum absolute atomic E-state index is 0.0688. The third-order valence-electron chi connectivity index (χ3n) is 5.99. The van der Waals surface area contributed by atoms with Crippen molar-refractivity contribution in [2.24, 2.45) is 23.5 Å². The molecule has 126 valence electrons. The highest BCUT2D eigenvalue weighted by Crippen LogP contribution is 2.48. The number of nitrogens with zero attached hydrogens (tertiary/aromatic N) is 1. The molecule has 0 radical (unpaired) electrons. The fourth-order valence-electron chi connectivity index (χ4n) is 4.83. The molecule has 4 rings (SSSR count). The average molecular weight is 321 g/mol. The maximum Gasteiger partial charge on any atom is 0.240 e. The number of rotatable bonds is 4. The van der Waals surface area contributed by atoms with E-state index < -0.39 is 0 Å². The molecule has 4 fully saturated rings. The predicted octanol–water partition coefficient (Wildman–Crippen LogP) is -0.608. The molecule has 4 aliphatic rings. The number of nitrogens with two attached hydrogens (primary N) is 1. The fourth-order valence-corrected chi connectivity index (χ4v) is 4.83. The summed E-state index contributed by atoms with van der Waals surface area (Å²) in [6.07, 6.45) is 4.40. The Morgan fingerprint density at radius 2 is 1.78 bits per heavy atom. The van der Waals surface area contributed by atoms with E-state index in [0.29, 0.717) is 12.5 Å². The van der Waals surface area contributed by atoms with E-state index in [2.05, 4.69) is 5.32 Å². The quantitative estimate of drug-likeness (QED) is 0.673. The molecule has 3 N–H and O–H groups in total. The van der Waals surface area contributed by atoms with Crippen molar-refractivity contribution >= 4 is 17.7 Å². The summed E-state index contributed by atoms with van der Waals surface area (Å²) in [7, 11) is 0.